The fraction of sp³-hybridized carbons (Fsp3) is 0.500. The van der Waals surface area contributed by atoms with Crippen LogP contribution in [0.2, 0.25) is 0 Å². The third-order valence-electron chi connectivity index (χ3n) is 3.83. The van der Waals surface area contributed by atoms with Crippen LogP contribution in [-0.4, -0.2) is 54.2 Å². The normalized spacial score (nSPS) is 29.0. The van der Waals surface area contributed by atoms with Gasteiger partial charge in [0.05, 0.1) is 20.3 Å². The van der Waals surface area contributed by atoms with Crippen molar-refractivity contribution in [3.05, 3.63) is 12.7 Å². The van der Waals surface area contributed by atoms with Crippen molar-refractivity contribution in [2.24, 2.45) is 0 Å². The number of phosphoric acid groups is 2. The van der Waals surface area contributed by atoms with Crippen LogP contribution in [0.3, 0.4) is 0 Å². The fourth-order valence-electron chi connectivity index (χ4n) is 2.71. The molecule has 1 aliphatic heterocycles. The van der Waals surface area contributed by atoms with Crippen molar-refractivity contribution in [2.45, 2.75) is 24.5 Å². The van der Waals surface area contributed by atoms with Gasteiger partial charge in [-0.2, -0.15) is 0 Å². The summed E-state index contributed by atoms with van der Waals surface area (Å²) >= 11 is 0. The lowest BCUT2D eigenvalue weighted by Crippen LogP contribution is -2.34. The van der Waals surface area contributed by atoms with Crippen LogP contribution in [0, 0.1) is 0 Å². The predicted molar refractivity (Wildman–Crippen MR) is 85.5 cm³/mol. The van der Waals surface area contributed by atoms with Gasteiger partial charge in [-0.1, -0.05) is 0 Å². The monoisotopic (exact) mass is 487 g/mol. The van der Waals surface area contributed by atoms with Gasteiger partial charge < -0.3 is 49.4 Å². The second kappa shape index (κ2) is 7.98. The molecule has 1 aliphatic rings. The van der Waals surface area contributed by atoms with Crippen molar-refractivity contribution in [3.8, 4) is 0 Å². The summed E-state index contributed by atoms with van der Waals surface area (Å²) in [4.78, 5) is 55.4. The average Bonchev–Trinajstić information content (AvgIpc) is 3.09. The molecule has 0 aliphatic carbocycles. The van der Waals surface area contributed by atoms with Crippen LogP contribution >= 0.6 is 23.2 Å². The van der Waals surface area contributed by atoms with Crippen LogP contribution in [0.25, 0.3) is 11.2 Å². The van der Waals surface area contributed by atoms with E-state index in [4.69, 9.17) is 10.5 Å². The molecule has 20 heteroatoms. The van der Waals surface area contributed by atoms with Gasteiger partial charge in [0.25, 0.3) is 7.82 Å². The largest absolute Gasteiger partial charge is 0.790 e. The number of imidazole rings is 1. The highest BCUT2D eigenvalue weighted by atomic mass is 31.3. The van der Waals surface area contributed by atoms with Crippen molar-refractivity contribution in [2.75, 3.05) is 11.9 Å². The van der Waals surface area contributed by atoms with Gasteiger partial charge in [-0.05, 0) is 0 Å². The maximum Gasteiger partial charge on any atom is 0.276 e. The van der Waals surface area contributed by atoms with Gasteiger partial charge in [0.1, 0.15) is 31.6 Å². The van der Waals surface area contributed by atoms with Crippen LogP contribution < -0.4 is 25.3 Å². The number of hydrogen-bond donors (Lipinski definition) is 3. The van der Waals surface area contributed by atoms with Gasteiger partial charge in [0.15, 0.2) is 17.7 Å². The zero-order valence-corrected chi connectivity index (χ0v) is 17.0. The van der Waals surface area contributed by atoms with Crippen molar-refractivity contribution in [1.29, 1.82) is 0 Å². The summed E-state index contributed by atoms with van der Waals surface area (Å²) in [5, 5.41) is 20.3. The van der Waals surface area contributed by atoms with Crippen LogP contribution in [0.5, 0.6) is 0 Å². The quantitative estimate of drug-likeness (QED) is 0.313. The topological polar surface area (TPSA) is 281 Å². The van der Waals surface area contributed by atoms with Crippen molar-refractivity contribution < 1.29 is 56.8 Å². The number of anilines is 1. The van der Waals surface area contributed by atoms with Crippen LogP contribution in [0.4, 0.5) is 5.82 Å². The zero-order chi connectivity index (χ0) is 22.5. The molecule has 1 saturated heterocycles. The molecule has 3 rings (SSSR count). The number of ether oxygens (including phenoxy) is 1. The highest BCUT2D eigenvalue weighted by molar-refractivity contribution is 7.66. The van der Waals surface area contributed by atoms with E-state index in [0.717, 1.165) is 17.2 Å². The molecule has 0 aromatic carbocycles. The molecule has 0 radical (unpaired) electrons. The molecule has 2 aromatic heterocycles. The van der Waals surface area contributed by atoms with Gasteiger partial charge in [-0.15, -0.1) is 0 Å². The molecule has 0 amide bonds. The van der Waals surface area contributed by atoms with Crippen LogP contribution in [-0.2, 0) is 27.1 Å². The molecule has 30 heavy (non-hydrogen) atoms. The third kappa shape index (κ3) is 5.11. The predicted octanol–water partition coefficient (Wildman–Crippen LogP) is -4.09. The van der Waals surface area contributed by atoms with Gasteiger partial charge in [-0.25, -0.2) is 15.0 Å². The Kier molecular flexibility index (Phi) is 6.21. The van der Waals surface area contributed by atoms with Crippen molar-refractivity contribution >= 4 is 40.2 Å². The van der Waals surface area contributed by atoms with Crippen molar-refractivity contribution in [1.82, 2.24) is 19.5 Å². The van der Waals surface area contributed by atoms with E-state index in [1.165, 1.54) is 0 Å². The molecule has 4 N–H and O–H groups in total. The lowest BCUT2D eigenvalue weighted by molar-refractivity contribution is -0.339. The fourth-order valence-corrected chi connectivity index (χ4v) is 6.31. The SMILES string of the molecule is Nc1ncnc2c1ncn2[C@@H]1O[C@H](CP(=O)([O-])OP(=O)([O-])OP(=O)([O-])[O-])[C@@H](O)[C@H]1O. The Bertz CT molecular complexity index is 1090. The Morgan fingerprint density at radius 1 is 1.10 bits per heavy atom. The molecule has 0 saturated carbocycles. The summed E-state index contributed by atoms with van der Waals surface area (Å²) in [5.41, 5.74) is 5.85. The van der Waals surface area contributed by atoms with Gasteiger partial charge in [0, 0.05) is 6.16 Å². The number of aromatic nitrogens is 4. The number of hydrogen-bond acceptors (Lipinski definition) is 16. The van der Waals surface area contributed by atoms with Gasteiger partial charge in [0.2, 0.25) is 0 Å². The maximum absolute atomic E-state index is 11.9. The first kappa shape index (κ1) is 23.3. The number of aliphatic hydroxyl groups is 2. The minimum absolute atomic E-state index is 0.000952. The average molecular weight is 487 g/mol. The van der Waals surface area contributed by atoms with E-state index < -0.39 is 53.9 Å². The number of aliphatic hydroxyl groups excluding tert-OH is 2. The molecule has 17 nitrogen and oxygen atoms in total. The smallest absolute Gasteiger partial charge is 0.276 e. The summed E-state index contributed by atoms with van der Waals surface area (Å²) in [6.07, 6.45) is -5.83. The lowest BCUT2D eigenvalue weighted by atomic mass is 10.1. The summed E-state index contributed by atoms with van der Waals surface area (Å²) in [6, 6.07) is 0. The van der Waals surface area contributed by atoms with E-state index in [2.05, 4.69) is 23.6 Å². The summed E-state index contributed by atoms with van der Waals surface area (Å²) < 4.78 is 46.7. The highest BCUT2D eigenvalue weighted by Gasteiger charge is 2.46. The minimum Gasteiger partial charge on any atom is -0.790 e. The number of fused-ring (bicyclic) bond motifs is 1. The van der Waals surface area contributed by atoms with E-state index in [0.29, 0.717) is 0 Å². The zero-order valence-electron chi connectivity index (χ0n) is 14.4. The molecule has 1 fully saturated rings. The first-order valence-electron chi connectivity index (χ1n) is 7.69. The Morgan fingerprint density at radius 2 is 1.77 bits per heavy atom. The van der Waals surface area contributed by atoms with E-state index in [-0.39, 0.29) is 17.0 Å². The maximum atomic E-state index is 11.9. The van der Waals surface area contributed by atoms with Gasteiger partial charge >= 0.3 is 0 Å². The Hall–Kier alpha value is -1.32. The van der Waals surface area contributed by atoms with Crippen LogP contribution in [0.1, 0.15) is 6.23 Å². The summed E-state index contributed by atoms with van der Waals surface area (Å²) in [5.74, 6) is 0.000952. The second-order valence-corrected chi connectivity index (χ2v) is 10.7. The van der Waals surface area contributed by atoms with Gasteiger partial charge in [-0.3, -0.25) is 17.8 Å². The molecule has 0 spiro atoms. The lowest BCUT2D eigenvalue weighted by Gasteiger charge is -2.38. The van der Waals surface area contributed by atoms with E-state index in [1.807, 2.05) is 0 Å². The number of nitrogen functional groups attached to an aromatic ring is 1. The molecule has 2 aromatic rings. The molecule has 2 unspecified atom stereocenters. The Balaban J connectivity index is 1.78. The molecule has 168 valence electrons. The first-order valence-corrected chi connectivity index (χ1v) is 12.3. The Labute approximate surface area is 166 Å². The first-order chi connectivity index (χ1) is 13.7. The summed E-state index contributed by atoms with van der Waals surface area (Å²) in [7, 11) is -17.7. The van der Waals surface area contributed by atoms with E-state index >= 15 is 0 Å². The van der Waals surface area contributed by atoms with Crippen molar-refractivity contribution in [3.63, 3.8) is 0 Å². The molecule has 6 atom stereocenters. The van der Waals surface area contributed by atoms with Crippen LogP contribution in [0.15, 0.2) is 12.7 Å². The highest BCUT2D eigenvalue weighted by Crippen LogP contribution is 2.60. The Morgan fingerprint density at radius 3 is 2.40 bits per heavy atom. The summed E-state index contributed by atoms with van der Waals surface area (Å²) in [6.45, 7) is 0. The minimum atomic E-state index is -6.12. The molecule has 3 heterocycles. The molecular formula is C10H12N5O12P3-4. The number of rotatable bonds is 7. The number of nitrogens with zero attached hydrogens (tertiary/aromatic N) is 4. The standard InChI is InChI=1S/C10H16N5O12P3/c11-8-5-9(13-2-12-8)15(3-14-5)10-7(17)6(16)4(25-10)1-28(18,19)26-30(23,24)27-29(20,21)22/h2-4,6-7,10,16-17H,1H2,(H,18,19)(H,23,24)(H2,11,12,13)(H2,20,21,22)/p-4/t4-,6-,7-,10-/m1/s1. The number of nitrogens with two attached hydrogens (primary N) is 1. The third-order valence-corrected chi connectivity index (χ3v) is 8.03. The molecule has 0 bridgehead atoms. The second-order valence-electron chi connectivity index (χ2n) is 5.98. The van der Waals surface area contributed by atoms with E-state index in [1.54, 1.807) is 0 Å². The molecular weight excluding hydrogens is 475 g/mol. The van der Waals surface area contributed by atoms with E-state index in [9.17, 15) is 43.5 Å².